The molecule has 0 saturated carbocycles. The van der Waals surface area contributed by atoms with Crippen LogP contribution in [-0.2, 0) is 0 Å². The third kappa shape index (κ3) is 2.36. The van der Waals surface area contributed by atoms with Gasteiger partial charge in [0.15, 0.2) is 17.4 Å². The number of carbonyl (C=O) groups excluding carboxylic acids is 1. The molecule has 0 atom stereocenters. The van der Waals surface area contributed by atoms with Gasteiger partial charge < -0.3 is 0 Å². The molecule has 2 nitrogen and oxygen atoms in total. The number of pyridine rings is 1. The van der Waals surface area contributed by atoms with Crippen LogP contribution in [0.15, 0.2) is 36.5 Å². The molecule has 0 aliphatic rings. The zero-order chi connectivity index (χ0) is 12.4. The minimum absolute atomic E-state index is 0.120. The van der Waals surface area contributed by atoms with Crippen LogP contribution in [0, 0.1) is 18.6 Å². The molecule has 2 rings (SSSR count). The highest BCUT2D eigenvalue weighted by molar-refractivity contribution is 6.08. The molecule has 0 bridgehead atoms. The number of nitrogens with zero attached hydrogens (tertiary/aromatic N) is 1. The van der Waals surface area contributed by atoms with Crippen molar-refractivity contribution in [2.45, 2.75) is 6.92 Å². The van der Waals surface area contributed by atoms with E-state index in [-0.39, 0.29) is 11.3 Å². The molecule has 1 aromatic carbocycles. The molecule has 0 fully saturated rings. The van der Waals surface area contributed by atoms with Crippen LogP contribution in [0.5, 0.6) is 0 Å². The average Bonchev–Trinajstić information content (AvgIpc) is 2.32. The van der Waals surface area contributed by atoms with Crippen molar-refractivity contribution < 1.29 is 13.6 Å². The predicted octanol–water partition coefficient (Wildman–Crippen LogP) is 2.90. The van der Waals surface area contributed by atoms with Crippen LogP contribution in [0.4, 0.5) is 8.78 Å². The van der Waals surface area contributed by atoms with Crippen molar-refractivity contribution in [3.63, 3.8) is 0 Å². The molecule has 17 heavy (non-hydrogen) atoms. The van der Waals surface area contributed by atoms with Gasteiger partial charge in [-0.15, -0.1) is 0 Å². The Balaban J connectivity index is 2.40. The van der Waals surface area contributed by atoms with Crippen molar-refractivity contribution in [3.05, 3.63) is 65.0 Å². The lowest BCUT2D eigenvalue weighted by Gasteiger charge is -2.02. The SMILES string of the molecule is Cc1cc(C(=O)c2ccc(F)c(F)c2)ccn1. The molecule has 0 saturated heterocycles. The van der Waals surface area contributed by atoms with Crippen LogP contribution >= 0.6 is 0 Å². The quantitative estimate of drug-likeness (QED) is 0.746. The highest BCUT2D eigenvalue weighted by Gasteiger charge is 2.12. The molecule has 0 unspecified atom stereocenters. The number of benzene rings is 1. The van der Waals surface area contributed by atoms with E-state index in [1.165, 1.54) is 18.3 Å². The van der Waals surface area contributed by atoms with E-state index in [0.717, 1.165) is 12.1 Å². The number of aryl methyl sites for hydroxylation is 1. The Kier molecular flexibility index (Phi) is 2.95. The summed E-state index contributed by atoms with van der Waals surface area (Å²) in [5.41, 5.74) is 1.22. The third-order valence-corrected chi connectivity index (χ3v) is 2.34. The first kappa shape index (κ1) is 11.4. The molecule has 0 aliphatic carbocycles. The second-order valence-electron chi connectivity index (χ2n) is 3.64. The summed E-state index contributed by atoms with van der Waals surface area (Å²) in [6.45, 7) is 1.75. The third-order valence-electron chi connectivity index (χ3n) is 2.34. The highest BCUT2D eigenvalue weighted by atomic mass is 19.2. The van der Waals surface area contributed by atoms with Gasteiger partial charge in [0, 0.05) is 23.0 Å². The van der Waals surface area contributed by atoms with Gasteiger partial charge in [0.05, 0.1) is 0 Å². The highest BCUT2D eigenvalue weighted by Crippen LogP contribution is 2.13. The summed E-state index contributed by atoms with van der Waals surface area (Å²) >= 11 is 0. The van der Waals surface area contributed by atoms with E-state index < -0.39 is 11.6 Å². The molecule has 4 heteroatoms. The topological polar surface area (TPSA) is 30.0 Å². The van der Waals surface area contributed by atoms with Crippen LogP contribution in [0.25, 0.3) is 0 Å². The van der Waals surface area contributed by atoms with E-state index in [0.29, 0.717) is 11.3 Å². The number of aromatic nitrogens is 1. The van der Waals surface area contributed by atoms with Crippen LogP contribution in [-0.4, -0.2) is 10.8 Å². The zero-order valence-electron chi connectivity index (χ0n) is 9.08. The number of hydrogen-bond acceptors (Lipinski definition) is 2. The van der Waals surface area contributed by atoms with Crippen LogP contribution < -0.4 is 0 Å². The fraction of sp³-hybridized carbons (Fsp3) is 0.0769. The molecule has 0 aliphatic heterocycles. The number of carbonyl (C=O) groups is 1. The Hall–Kier alpha value is -2.10. The van der Waals surface area contributed by atoms with Gasteiger partial charge in [-0.05, 0) is 37.3 Å². The summed E-state index contributed by atoms with van der Waals surface area (Å²) in [7, 11) is 0. The predicted molar refractivity (Wildman–Crippen MR) is 58.8 cm³/mol. The maximum absolute atomic E-state index is 13.0. The largest absolute Gasteiger partial charge is 0.289 e. The van der Waals surface area contributed by atoms with Gasteiger partial charge in [0.2, 0.25) is 0 Å². The minimum atomic E-state index is -1.03. The van der Waals surface area contributed by atoms with Crippen LogP contribution in [0.3, 0.4) is 0 Å². The monoisotopic (exact) mass is 233 g/mol. The molecule has 0 N–H and O–H groups in total. The maximum Gasteiger partial charge on any atom is 0.193 e. The Morgan fingerprint density at radius 1 is 1.06 bits per heavy atom. The maximum atomic E-state index is 13.0. The minimum Gasteiger partial charge on any atom is -0.289 e. The van der Waals surface area contributed by atoms with Gasteiger partial charge in [-0.25, -0.2) is 8.78 Å². The van der Waals surface area contributed by atoms with E-state index in [2.05, 4.69) is 4.98 Å². The van der Waals surface area contributed by atoms with Crippen molar-refractivity contribution in [1.29, 1.82) is 0 Å². The Bertz CT molecular complexity index is 581. The molecule has 86 valence electrons. The van der Waals surface area contributed by atoms with Gasteiger partial charge in [-0.2, -0.15) is 0 Å². The Labute approximate surface area is 96.9 Å². The normalized spacial score (nSPS) is 10.3. The second-order valence-corrected chi connectivity index (χ2v) is 3.64. The molecule has 1 heterocycles. The number of ketones is 1. The lowest BCUT2D eigenvalue weighted by molar-refractivity contribution is 0.103. The zero-order valence-corrected chi connectivity index (χ0v) is 9.08. The summed E-state index contributed by atoms with van der Waals surface area (Å²) in [4.78, 5) is 15.9. The van der Waals surface area contributed by atoms with Gasteiger partial charge >= 0.3 is 0 Å². The van der Waals surface area contributed by atoms with Crippen LogP contribution in [0.2, 0.25) is 0 Å². The number of rotatable bonds is 2. The smallest absolute Gasteiger partial charge is 0.193 e. The summed E-state index contributed by atoms with van der Waals surface area (Å²) < 4.78 is 25.7. The number of halogens is 2. The van der Waals surface area contributed by atoms with Crippen molar-refractivity contribution in [2.24, 2.45) is 0 Å². The van der Waals surface area contributed by atoms with Crippen molar-refractivity contribution in [1.82, 2.24) is 4.98 Å². The first-order valence-corrected chi connectivity index (χ1v) is 5.00. The Morgan fingerprint density at radius 3 is 2.41 bits per heavy atom. The first-order valence-electron chi connectivity index (χ1n) is 5.00. The molecule has 0 amide bonds. The fourth-order valence-electron chi connectivity index (χ4n) is 1.49. The van der Waals surface area contributed by atoms with Gasteiger partial charge in [0.1, 0.15) is 0 Å². The fourth-order valence-corrected chi connectivity index (χ4v) is 1.49. The summed E-state index contributed by atoms with van der Waals surface area (Å²) in [5.74, 6) is -2.34. The lowest BCUT2D eigenvalue weighted by Crippen LogP contribution is -2.03. The van der Waals surface area contributed by atoms with E-state index in [9.17, 15) is 13.6 Å². The molecule has 2 aromatic rings. The summed E-state index contributed by atoms with van der Waals surface area (Å²) in [6, 6.07) is 6.24. The van der Waals surface area contributed by atoms with E-state index in [1.54, 1.807) is 13.0 Å². The van der Waals surface area contributed by atoms with Gasteiger partial charge in [0.25, 0.3) is 0 Å². The molecule has 1 aromatic heterocycles. The summed E-state index contributed by atoms with van der Waals surface area (Å²) in [6.07, 6.45) is 1.50. The average molecular weight is 233 g/mol. The second kappa shape index (κ2) is 4.41. The van der Waals surface area contributed by atoms with Gasteiger partial charge in [-0.1, -0.05) is 0 Å². The summed E-state index contributed by atoms with van der Waals surface area (Å²) in [5, 5.41) is 0. The van der Waals surface area contributed by atoms with Crippen LogP contribution in [0.1, 0.15) is 21.6 Å². The number of hydrogen-bond donors (Lipinski definition) is 0. The molecular weight excluding hydrogens is 224 g/mol. The molecule has 0 radical (unpaired) electrons. The van der Waals surface area contributed by atoms with E-state index >= 15 is 0 Å². The van der Waals surface area contributed by atoms with E-state index in [1.807, 2.05) is 0 Å². The Morgan fingerprint density at radius 2 is 1.76 bits per heavy atom. The van der Waals surface area contributed by atoms with Crippen molar-refractivity contribution >= 4 is 5.78 Å². The first-order chi connectivity index (χ1) is 8.08. The lowest BCUT2D eigenvalue weighted by atomic mass is 10.0. The molecular formula is C13H9F2NO. The molecule has 0 spiro atoms. The van der Waals surface area contributed by atoms with Crippen molar-refractivity contribution in [2.75, 3.05) is 0 Å². The van der Waals surface area contributed by atoms with E-state index in [4.69, 9.17) is 0 Å². The van der Waals surface area contributed by atoms with Gasteiger partial charge in [-0.3, -0.25) is 9.78 Å². The standard InChI is InChI=1S/C13H9F2NO/c1-8-6-10(4-5-16-8)13(17)9-2-3-11(14)12(15)7-9/h2-7H,1H3. The van der Waals surface area contributed by atoms with Crippen molar-refractivity contribution in [3.8, 4) is 0 Å².